The Bertz CT molecular complexity index is 581. The molecule has 3 N–H and O–H groups in total. The Balaban J connectivity index is 2.45. The zero-order chi connectivity index (χ0) is 14.7. The number of hydrogen-bond donors (Lipinski definition) is 3. The second-order valence-corrected chi connectivity index (χ2v) is 4.82. The quantitative estimate of drug-likeness (QED) is 0.576. The van der Waals surface area contributed by atoms with E-state index in [0.29, 0.717) is 17.4 Å². The molecular weight excluding hydrogens is 282 g/mol. The lowest BCUT2D eigenvalue weighted by Crippen LogP contribution is -2.16. The summed E-state index contributed by atoms with van der Waals surface area (Å²) in [6, 6.07) is 3.47. The van der Waals surface area contributed by atoms with Gasteiger partial charge in [0.2, 0.25) is 0 Å². The fraction of sp³-hybridized carbons (Fsp3) is 0.417. The van der Waals surface area contributed by atoms with E-state index >= 15 is 0 Å². The van der Waals surface area contributed by atoms with Crippen LogP contribution in [0.25, 0.3) is 11.4 Å². The molecule has 1 atom stereocenters. The van der Waals surface area contributed by atoms with Crippen LogP contribution in [-0.4, -0.2) is 36.2 Å². The fourth-order valence-electron chi connectivity index (χ4n) is 1.82. The third kappa shape index (κ3) is 3.24. The molecule has 2 aromatic heterocycles. The Hall–Kier alpha value is -1.70. The molecule has 1 unspecified atom stereocenters. The molecule has 0 saturated carbocycles. The van der Waals surface area contributed by atoms with Crippen LogP contribution in [0.5, 0.6) is 0 Å². The van der Waals surface area contributed by atoms with Crippen LogP contribution in [0.15, 0.2) is 12.1 Å². The van der Waals surface area contributed by atoms with Crippen molar-refractivity contribution in [3.8, 4) is 11.4 Å². The molecule has 108 valence electrons. The molecule has 0 saturated heterocycles. The Morgan fingerprint density at radius 1 is 1.40 bits per heavy atom. The lowest BCUT2D eigenvalue weighted by Gasteiger charge is -2.10. The van der Waals surface area contributed by atoms with Crippen molar-refractivity contribution >= 4 is 17.5 Å². The summed E-state index contributed by atoms with van der Waals surface area (Å²) in [6.45, 7) is 3.97. The molecule has 2 aromatic rings. The van der Waals surface area contributed by atoms with Crippen molar-refractivity contribution in [3.05, 3.63) is 23.0 Å². The van der Waals surface area contributed by atoms with E-state index in [9.17, 15) is 5.11 Å². The topological polar surface area (TPSA) is 96.1 Å². The number of halogens is 1. The van der Waals surface area contributed by atoms with Gasteiger partial charge in [0.15, 0.2) is 5.82 Å². The highest BCUT2D eigenvalue weighted by molar-refractivity contribution is 6.29. The number of hydrogen-bond acceptors (Lipinski definition) is 6. The first-order chi connectivity index (χ1) is 9.53. The number of aryl methyl sites for hydroxylation is 1. The van der Waals surface area contributed by atoms with Gasteiger partial charge in [-0.05, 0) is 25.5 Å². The molecule has 0 aliphatic carbocycles. The number of nitrogens with one attached hydrogen (secondary N) is 1. The number of anilines is 1. The lowest BCUT2D eigenvalue weighted by molar-refractivity contribution is 0.146. The Labute approximate surface area is 121 Å². The molecule has 0 fully saturated rings. The summed E-state index contributed by atoms with van der Waals surface area (Å²) in [5, 5.41) is 23.1. The molecule has 0 radical (unpaired) electrons. The van der Waals surface area contributed by atoms with Gasteiger partial charge in [-0.15, -0.1) is 5.10 Å². The predicted octanol–water partition coefficient (Wildman–Crippen LogP) is 1.87. The smallest absolute Gasteiger partial charge is 0.266 e. The van der Waals surface area contributed by atoms with Crippen LogP contribution >= 0.6 is 11.6 Å². The van der Waals surface area contributed by atoms with Crippen LogP contribution in [0.1, 0.15) is 19.0 Å². The number of aliphatic hydroxyl groups excluding tert-OH is 1. The molecule has 0 spiro atoms. The molecule has 0 bridgehead atoms. The van der Waals surface area contributed by atoms with Crippen LogP contribution in [-0.2, 0) is 6.54 Å². The molecule has 0 aromatic carbocycles. The fourth-order valence-corrected chi connectivity index (χ4v) is 2.07. The lowest BCUT2D eigenvalue weighted by atomic mass is 10.2. The van der Waals surface area contributed by atoms with Gasteiger partial charge in [0.25, 0.3) is 5.95 Å². The van der Waals surface area contributed by atoms with Gasteiger partial charge in [0.05, 0.1) is 12.6 Å². The first-order valence-electron chi connectivity index (χ1n) is 6.21. The number of aliphatic hydroxyl groups is 1. The van der Waals surface area contributed by atoms with Gasteiger partial charge in [-0.1, -0.05) is 18.5 Å². The van der Waals surface area contributed by atoms with E-state index in [0.717, 1.165) is 11.3 Å². The maximum Gasteiger partial charge on any atom is 0.266 e. The highest BCUT2D eigenvalue weighted by atomic mass is 35.5. The third-order valence-electron chi connectivity index (χ3n) is 2.81. The standard InChI is InChI=1S/C12H16ClN5O2/c1-3-9(19)6-18-11(15-12(16-18)17-20)8-4-7(2)14-10(13)5-8/h4-5,9,19-20H,3,6H2,1-2H3,(H,16,17). The molecular formula is C12H16ClN5O2. The highest BCUT2D eigenvalue weighted by Gasteiger charge is 2.15. The normalized spacial score (nSPS) is 12.4. The maximum atomic E-state index is 9.76. The van der Waals surface area contributed by atoms with Gasteiger partial charge < -0.3 is 5.11 Å². The van der Waals surface area contributed by atoms with E-state index in [1.165, 1.54) is 4.68 Å². The third-order valence-corrected chi connectivity index (χ3v) is 3.00. The summed E-state index contributed by atoms with van der Waals surface area (Å²) in [5.41, 5.74) is 3.37. The molecule has 20 heavy (non-hydrogen) atoms. The zero-order valence-electron chi connectivity index (χ0n) is 11.2. The monoisotopic (exact) mass is 297 g/mol. The maximum absolute atomic E-state index is 9.76. The second kappa shape index (κ2) is 6.17. The molecule has 2 rings (SSSR count). The van der Waals surface area contributed by atoms with Gasteiger partial charge in [-0.2, -0.15) is 4.98 Å². The zero-order valence-corrected chi connectivity index (χ0v) is 12.0. The summed E-state index contributed by atoms with van der Waals surface area (Å²) in [4.78, 5) is 8.25. The predicted molar refractivity (Wildman–Crippen MR) is 74.7 cm³/mol. The SMILES string of the molecule is CCC(O)Cn1nc(NO)nc1-c1cc(C)nc(Cl)c1. The van der Waals surface area contributed by atoms with Crippen molar-refractivity contribution in [1.82, 2.24) is 19.7 Å². The second-order valence-electron chi connectivity index (χ2n) is 4.43. The number of rotatable bonds is 5. The van der Waals surface area contributed by atoms with Crippen molar-refractivity contribution in [1.29, 1.82) is 0 Å². The highest BCUT2D eigenvalue weighted by Crippen LogP contribution is 2.23. The van der Waals surface area contributed by atoms with Crippen LogP contribution in [0.4, 0.5) is 5.95 Å². The van der Waals surface area contributed by atoms with E-state index < -0.39 is 6.10 Å². The Kier molecular flexibility index (Phi) is 4.53. The molecule has 0 aliphatic rings. The van der Waals surface area contributed by atoms with Gasteiger partial charge in [0, 0.05) is 11.3 Å². The van der Waals surface area contributed by atoms with E-state index in [4.69, 9.17) is 16.8 Å². The summed E-state index contributed by atoms with van der Waals surface area (Å²) >= 11 is 5.94. The summed E-state index contributed by atoms with van der Waals surface area (Å²) < 4.78 is 1.53. The number of pyridine rings is 1. The molecule has 0 aliphatic heterocycles. The number of nitrogens with zero attached hydrogens (tertiary/aromatic N) is 4. The molecule has 8 heteroatoms. The van der Waals surface area contributed by atoms with Crippen LogP contribution < -0.4 is 5.48 Å². The first kappa shape index (κ1) is 14.7. The van der Waals surface area contributed by atoms with Gasteiger partial charge >= 0.3 is 0 Å². The minimum Gasteiger partial charge on any atom is -0.391 e. The summed E-state index contributed by atoms with van der Waals surface area (Å²) in [6.07, 6.45) is 0.0533. The molecule has 0 amide bonds. The van der Waals surface area contributed by atoms with Crippen LogP contribution in [0.2, 0.25) is 5.15 Å². The van der Waals surface area contributed by atoms with E-state index in [1.807, 2.05) is 25.4 Å². The van der Waals surface area contributed by atoms with Crippen molar-refractivity contribution in [2.75, 3.05) is 5.48 Å². The van der Waals surface area contributed by atoms with Crippen molar-refractivity contribution < 1.29 is 10.3 Å². The van der Waals surface area contributed by atoms with E-state index in [1.54, 1.807) is 6.07 Å². The van der Waals surface area contributed by atoms with Gasteiger partial charge in [-0.3, -0.25) is 5.21 Å². The van der Waals surface area contributed by atoms with Crippen LogP contribution in [0.3, 0.4) is 0 Å². The molecule has 7 nitrogen and oxygen atoms in total. The Morgan fingerprint density at radius 2 is 2.15 bits per heavy atom. The summed E-state index contributed by atoms with van der Waals surface area (Å²) in [5.74, 6) is 0.565. The average molecular weight is 298 g/mol. The largest absolute Gasteiger partial charge is 0.391 e. The van der Waals surface area contributed by atoms with E-state index in [2.05, 4.69) is 15.1 Å². The minimum atomic E-state index is -0.541. The van der Waals surface area contributed by atoms with E-state index in [-0.39, 0.29) is 12.5 Å². The Morgan fingerprint density at radius 3 is 2.75 bits per heavy atom. The van der Waals surface area contributed by atoms with Crippen molar-refractivity contribution in [2.45, 2.75) is 32.9 Å². The minimum absolute atomic E-state index is 0.0638. The van der Waals surface area contributed by atoms with Gasteiger partial charge in [-0.25, -0.2) is 15.1 Å². The average Bonchev–Trinajstić information content (AvgIpc) is 2.80. The van der Waals surface area contributed by atoms with Gasteiger partial charge in [0.1, 0.15) is 5.15 Å². The van der Waals surface area contributed by atoms with Crippen molar-refractivity contribution in [2.24, 2.45) is 0 Å². The van der Waals surface area contributed by atoms with Crippen LogP contribution in [0, 0.1) is 6.92 Å². The molecule has 2 heterocycles. The summed E-state index contributed by atoms with van der Waals surface area (Å²) in [7, 11) is 0. The first-order valence-corrected chi connectivity index (χ1v) is 6.58. The number of aromatic nitrogens is 4. The van der Waals surface area contributed by atoms with Crippen molar-refractivity contribution in [3.63, 3.8) is 0 Å².